The van der Waals surface area contributed by atoms with Crippen molar-refractivity contribution in [2.45, 2.75) is 51.2 Å². The molecule has 7 nitrogen and oxygen atoms in total. The molecule has 0 radical (unpaired) electrons. The minimum absolute atomic E-state index is 0.0875. The molecule has 1 heterocycles. The lowest BCUT2D eigenvalue weighted by Gasteiger charge is -2.23. The maximum absolute atomic E-state index is 11.4. The molecular formula is C19H22N2O5. The number of carbonyl (C=O) groups excluding carboxylic acids is 1. The van der Waals surface area contributed by atoms with Gasteiger partial charge in [0.2, 0.25) is 6.41 Å². The number of aromatic hydroxyl groups is 1. The summed E-state index contributed by atoms with van der Waals surface area (Å²) in [5, 5.41) is 23.1. The summed E-state index contributed by atoms with van der Waals surface area (Å²) in [5.41, 5.74) is 0.469. The fourth-order valence-electron chi connectivity index (χ4n) is 3.45. The number of ether oxygens (including phenoxy) is 1. The third-order valence-electron chi connectivity index (χ3n) is 4.78. The number of carboxylic acid groups (broad SMARTS) is 1. The van der Waals surface area contributed by atoms with Crippen LogP contribution < -0.4 is 10.1 Å². The second kappa shape index (κ2) is 7.59. The topological polar surface area (TPSA) is 109 Å². The summed E-state index contributed by atoms with van der Waals surface area (Å²) >= 11 is 0. The summed E-state index contributed by atoms with van der Waals surface area (Å²) in [5.74, 6) is -0.838. The zero-order valence-electron chi connectivity index (χ0n) is 14.6. The molecule has 0 saturated heterocycles. The van der Waals surface area contributed by atoms with E-state index >= 15 is 0 Å². The summed E-state index contributed by atoms with van der Waals surface area (Å²) in [6.45, 7) is 1.73. The van der Waals surface area contributed by atoms with Crippen LogP contribution in [0.25, 0.3) is 10.8 Å². The molecule has 3 N–H and O–H groups in total. The highest BCUT2D eigenvalue weighted by molar-refractivity contribution is 5.93. The Bertz CT molecular complexity index is 830. The fraction of sp³-hybridized carbons (Fsp3) is 0.421. The van der Waals surface area contributed by atoms with Crippen molar-refractivity contribution < 1.29 is 24.5 Å². The summed E-state index contributed by atoms with van der Waals surface area (Å²) < 4.78 is 6.05. The Morgan fingerprint density at radius 2 is 2.04 bits per heavy atom. The third-order valence-corrected chi connectivity index (χ3v) is 4.78. The summed E-state index contributed by atoms with van der Waals surface area (Å²) in [6.07, 6.45) is 6.15. The number of nitrogens with one attached hydrogen (secondary N) is 1. The van der Waals surface area contributed by atoms with E-state index in [1.807, 2.05) is 6.07 Å². The van der Waals surface area contributed by atoms with E-state index in [2.05, 4.69) is 10.3 Å². The van der Waals surface area contributed by atoms with Gasteiger partial charge in [0.15, 0.2) is 6.04 Å². The summed E-state index contributed by atoms with van der Waals surface area (Å²) in [6, 6.07) is 3.87. The van der Waals surface area contributed by atoms with Gasteiger partial charge in [0.05, 0.1) is 6.10 Å². The van der Waals surface area contributed by atoms with Gasteiger partial charge in [-0.05, 0) is 50.8 Å². The van der Waals surface area contributed by atoms with E-state index in [1.165, 1.54) is 19.3 Å². The standard InChI is InChI=1S/C19H22N2O5/c1-11-15-9-13(26-12-5-3-2-4-6-12)7-8-14(15)18(23)16(21-11)17(19(24)25)20-10-22/h7-10,12,17,23H,2-6H2,1H3,(H,20,22)(H,24,25)/t17-/m0/s1. The van der Waals surface area contributed by atoms with Crippen LogP contribution in [-0.4, -0.2) is 33.7 Å². The van der Waals surface area contributed by atoms with Gasteiger partial charge in [-0.15, -0.1) is 0 Å². The van der Waals surface area contributed by atoms with Crippen LogP contribution in [0.15, 0.2) is 18.2 Å². The largest absolute Gasteiger partial charge is 0.505 e. The van der Waals surface area contributed by atoms with Crippen molar-refractivity contribution in [1.29, 1.82) is 0 Å². The maximum Gasteiger partial charge on any atom is 0.332 e. The molecule has 1 amide bonds. The number of aromatic nitrogens is 1. The van der Waals surface area contributed by atoms with Crippen molar-refractivity contribution in [3.63, 3.8) is 0 Å². The Labute approximate surface area is 151 Å². The first kappa shape index (κ1) is 18.0. The number of carboxylic acids is 1. The van der Waals surface area contributed by atoms with E-state index in [0.29, 0.717) is 22.2 Å². The highest BCUT2D eigenvalue weighted by Gasteiger charge is 2.26. The second-order valence-corrected chi connectivity index (χ2v) is 6.57. The van der Waals surface area contributed by atoms with Crippen LogP contribution in [0, 0.1) is 6.92 Å². The molecule has 1 aromatic carbocycles. The van der Waals surface area contributed by atoms with Crippen molar-refractivity contribution in [3.05, 3.63) is 29.6 Å². The highest BCUT2D eigenvalue weighted by Crippen LogP contribution is 2.35. The summed E-state index contributed by atoms with van der Waals surface area (Å²) in [4.78, 5) is 26.3. The highest BCUT2D eigenvalue weighted by atomic mass is 16.5. The number of fused-ring (bicyclic) bond motifs is 1. The quantitative estimate of drug-likeness (QED) is 0.685. The van der Waals surface area contributed by atoms with Crippen LogP contribution in [0.4, 0.5) is 0 Å². The van der Waals surface area contributed by atoms with E-state index in [-0.39, 0.29) is 24.0 Å². The lowest BCUT2D eigenvalue weighted by atomic mass is 9.97. The zero-order chi connectivity index (χ0) is 18.7. The molecule has 0 bridgehead atoms. The van der Waals surface area contributed by atoms with Gasteiger partial charge in [-0.2, -0.15) is 0 Å². The van der Waals surface area contributed by atoms with Crippen LogP contribution in [0.2, 0.25) is 0 Å². The number of hydrogen-bond acceptors (Lipinski definition) is 5. The molecule has 0 unspecified atom stereocenters. The van der Waals surface area contributed by atoms with Crippen molar-refractivity contribution in [2.75, 3.05) is 0 Å². The van der Waals surface area contributed by atoms with Gasteiger partial charge < -0.3 is 20.3 Å². The molecule has 3 rings (SSSR count). The maximum atomic E-state index is 11.4. The van der Waals surface area contributed by atoms with Crippen molar-refractivity contribution in [1.82, 2.24) is 10.3 Å². The average molecular weight is 358 g/mol. The van der Waals surface area contributed by atoms with Crippen molar-refractivity contribution >= 4 is 23.2 Å². The first-order valence-corrected chi connectivity index (χ1v) is 8.73. The van der Waals surface area contributed by atoms with Crippen LogP contribution >= 0.6 is 0 Å². The number of aliphatic carboxylic acids is 1. The molecule has 2 aromatic rings. The molecule has 1 fully saturated rings. The van der Waals surface area contributed by atoms with Gasteiger partial charge >= 0.3 is 5.97 Å². The fourth-order valence-corrected chi connectivity index (χ4v) is 3.45. The average Bonchev–Trinajstić information content (AvgIpc) is 2.63. The predicted octanol–water partition coefficient (Wildman–Crippen LogP) is 2.83. The second-order valence-electron chi connectivity index (χ2n) is 6.57. The number of aryl methyl sites for hydroxylation is 1. The van der Waals surface area contributed by atoms with E-state index in [0.717, 1.165) is 12.8 Å². The van der Waals surface area contributed by atoms with Gasteiger partial charge in [-0.3, -0.25) is 9.78 Å². The van der Waals surface area contributed by atoms with Crippen LogP contribution in [0.1, 0.15) is 49.5 Å². The monoisotopic (exact) mass is 358 g/mol. The van der Waals surface area contributed by atoms with Crippen LogP contribution in [-0.2, 0) is 9.59 Å². The molecule has 0 spiro atoms. The number of hydrogen-bond donors (Lipinski definition) is 3. The first-order chi connectivity index (χ1) is 12.5. The van der Waals surface area contributed by atoms with E-state index < -0.39 is 12.0 Å². The van der Waals surface area contributed by atoms with Gasteiger partial charge in [0.1, 0.15) is 17.2 Å². The molecule has 26 heavy (non-hydrogen) atoms. The smallest absolute Gasteiger partial charge is 0.332 e. The minimum Gasteiger partial charge on any atom is -0.505 e. The Morgan fingerprint density at radius 1 is 1.31 bits per heavy atom. The van der Waals surface area contributed by atoms with Gasteiger partial charge in [-0.25, -0.2) is 4.79 Å². The van der Waals surface area contributed by atoms with Gasteiger partial charge in [0.25, 0.3) is 0 Å². The van der Waals surface area contributed by atoms with Gasteiger partial charge in [-0.1, -0.05) is 6.42 Å². The predicted molar refractivity (Wildman–Crippen MR) is 95.2 cm³/mol. The number of pyridine rings is 1. The Morgan fingerprint density at radius 3 is 2.69 bits per heavy atom. The molecule has 7 heteroatoms. The Balaban J connectivity index is 1.98. The molecule has 1 atom stereocenters. The molecule has 1 aliphatic carbocycles. The lowest BCUT2D eigenvalue weighted by Crippen LogP contribution is -2.28. The van der Waals surface area contributed by atoms with E-state index in [9.17, 15) is 19.8 Å². The minimum atomic E-state index is -1.41. The lowest BCUT2D eigenvalue weighted by molar-refractivity contribution is -0.140. The number of amides is 1. The summed E-state index contributed by atoms with van der Waals surface area (Å²) in [7, 11) is 0. The first-order valence-electron chi connectivity index (χ1n) is 8.73. The van der Waals surface area contributed by atoms with Crippen LogP contribution in [0.5, 0.6) is 11.5 Å². The molecule has 1 saturated carbocycles. The molecule has 1 aliphatic rings. The van der Waals surface area contributed by atoms with Crippen molar-refractivity contribution in [2.24, 2.45) is 0 Å². The molecule has 1 aromatic heterocycles. The Hall–Kier alpha value is -2.83. The third kappa shape index (κ3) is 3.56. The number of rotatable bonds is 6. The van der Waals surface area contributed by atoms with Crippen LogP contribution in [0.3, 0.4) is 0 Å². The van der Waals surface area contributed by atoms with E-state index in [1.54, 1.807) is 19.1 Å². The number of nitrogens with zero attached hydrogens (tertiary/aromatic N) is 1. The van der Waals surface area contributed by atoms with Crippen molar-refractivity contribution in [3.8, 4) is 11.5 Å². The molecule has 0 aliphatic heterocycles. The molecular weight excluding hydrogens is 336 g/mol. The van der Waals surface area contributed by atoms with Gasteiger partial charge in [0, 0.05) is 16.5 Å². The Kier molecular flexibility index (Phi) is 5.25. The molecule has 138 valence electrons. The SMILES string of the molecule is Cc1nc([C@H](NC=O)C(=O)O)c(O)c2ccc(OC3CCCCC3)cc12. The normalized spacial score (nSPS) is 16.2. The number of carbonyl (C=O) groups is 2. The number of benzene rings is 1. The zero-order valence-corrected chi connectivity index (χ0v) is 14.6. The van der Waals surface area contributed by atoms with E-state index in [4.69, 9.17) is 4.74 Å².